The number of esters is 1. The van der Waals surface area contributed by atoms with Crippen molar-refractivity contribution >= 4 is 39.1 Å². The van der Waals surface area contributed by atoms with Gasteiger partial charge in [0.2, 0.25) is 5.91 Å². The number of benzene rings is 1. The number of aromatic nitrogens is 1. The molecule has 25 heavy (non-hydrogen) atoms. The number of methoxy groups -OCH3 is 1. The van der Waals surface area contributed by atoms with Gasteiger partial charge in [-0.05, 0) is 42.5 Å². The molecule has 0 saturated carbocycles. The number of amides is 1. The molecular formula is C19H20N2O3S. The summed E-state index contributed by atoms with van der Waals surface area (Å²) >= 11 is 1.51. The monoisotopic (exact) mass is 356 g/mol. The minimum atomic E-state index is -0.496. The molecule has 0 radical (unpaired) electrons. The zero-order chi connectivity index (χ0) is 18.0. The molecule has 0 saturated heterocycles. The van der Waals surface area contributed by atoms with E-state index < -0.39 is 12.0 Å². The Morgan fingerprint density at radius 3 is 2.72 bits per heavy atom. The molecule has 2 aromatic heterocycles. The number of hydrogen-bond acceptors (Lipinski definition) is 4. The summed E-state index contributed by atoms with van der Waals surface area (Å²) in [6, 6.07) is 10.9. The molecule has 6 heteroatoms. The highest BCUT2D eigenvalue weighted by Gasteiger charge is 2.27. The normalized spacial score (nSPS) is 12.1. The van der Waals surface area contributed by atoms with Crippen LogP contribution in [0.4, 0.5) is 5.69 Å². The SMILES string of the molecule is CC[C@H](C(=O)Nc1ccccc1C)n1c(C(=O)OC)cc2ccsc21. The van der Waals surface area contributed by atoms with Crippen molar-refractivity contribution in [2.45, 2.75) is 26.3 Å². The molecule has 0 aliphatic heterocycles. The largest absolute Gasteiger partial charge is 0.464 e. The maximum atomic E-state index is 12.9. The van der Waals surface area contributed by atoms with Crippen molar-refractivity contribution in [2.24, 2.45) is 0 Å². The number of carbonyl (C=O) groups is 2. The number of nitrogens with one attached hydrogen (secondary N) is 1. The lowest BCUT2D eigenvalue weighted by Gasteiger charge is -2.20. The average Bonchev–Trinajstić information content (AvgIpc) is 3.19. The number of carbonyl (C=O) groups excluding carboxylic acids is 2. The summed E-state index contributed by atoms with van der Waals surface area (Å²) in [5.41, 5.74) is 2.17. The Labute approximate surface area is 150 Å². The summed E-state index contributed by atoms with van der Waals surface area (Å²) in [7, 11) is 1.35. The molecule has 3 aromatic rings. The molecule has 1 aromatic carbocycles. The van der Waals surface area contributed by atoms with E-state index in [0.29, 0.717) is 12.1 Å². The number of para-hydroxylation sites is 1. The third-order valence-corrected chi connectivity index (χ3v) is 5.17. The highest BCUT2D eigenvalue weighted by atomic mass is 32.1. The van der Waals surface area contributed by atoms with E-state index in [4.69, 9.17) is 4.74 Å². The first-order valence-electron chi connectivity index (χ1n) is 8.10. The van der Waals surface area contributed by atoms with E-state index in [-0.39, 0.29) is 5.91 Å². The molecule has 5 nitrogen and oxygen atoms in total. The third kappa shape index (κ3) is 3.17. The van der Waals surface area contributed by atoms with Crippen LogP contribution in [0.25, 0.3) is 10.2 Å². The molecule has 0 bridgehead atoms. The minimum Gasteiger partial charge on any atom is -0.464 e. The summed E-state index contributed by atoms with van der Waals surface area (Å²) in [5, 5.41) is 5.87. The van der Waals surface area contributed by atoms with Crippen LogP contribution in [-0.4, -0.2) is 23.6 Å². The van der Waals surface area contributed by atoms with Crippen molar-refractivity contribution in [1.82, 2.24) is 4.57 Å². The Balaban J connectivity index is 2.01. The molecule has 1 N–H and O–H groups in total. The van der Waals surface area contributed by atoms with Gasteiger partial charge in [-0.3, -0.25) is 4.79 Å². The number of ether oxygens (including phenoxy) is 1. The lowest BCUT2D eigenvalue weighted by molar-refractivity contribution is -0.119. The van der Waals surface area contributed by atoms with E-state index in [1.54, 1.807) is 10.6 Å². The number of aryl methyl sites for hydroxylation is 1. The molecule has 0 aliphatic carbocycles. The summed E-state index contributed by atoms with van der Waals surface area (Å²) in [5.74, 6) is -0.585. The number of hydrogen-bond donors (Lipinski definition) is 1. The highest BCUT2D eigenvalue weighted by Crippen LogP contribution is 2.31. The second kappa shape index (κ2) is 7.11. The second-order valence-electron chi connectivity index (χ2n) is 5.80. The quantitative estimate of drug-likeness (QED) is 0.690. The molecule has 0 unspecified atom stereocenters. The Bertz CT molecular complexity index is 926. The number of rotatable bonds is 5. The molecule has 3 rings (SSSR count). The van der Waals surface area contributed by atoms with Crippen LogP contribution in [0.15, 0.2) is 41.8 Å². The standard InChI is InChI=1S/C19H20N2O3S/c1-4-15(17(22)20-14-8-6-5-7-12(14)2)21-16(19(23)24-3)11-13-9-10-25-18(13)21/h5-11,15H,4H2,1-3H3,(H,20,22)/t15-/m1/s1. The lowest BCUT2D eigenvalue weighted by Crippen LogP contribution is -2.28. The van der Waals surface area contributed by atoms with Gasteiger partial charge in [-0.25, -0.2) is 4.79 Å². The van der Waals surface area contributed by atoms with Crippen LogP contribution in [-0.2, 0) is 9.53 Å². The van der Waals surface area contributed by atoms with Crippen LogP contribution in [0.3, 0.4) is 0 Å². The van der Waals surface area contributed by atoms with E-state index in [0.717, 1.165) is 21.5 Å². The van der Waals surface area contributed by atoms with Crippen molar-refractivity contribution in [3.05, 3.63) is 53.0 Å². The summed E-state index contributed by atoms with van der Waals surface area (Å²) in [4.78, 5) is 26.0. The summed E-state index contributed by atoms with van der Waals surface area (Å²) < 4.78 is 6.69. The molecule has 1 amide bonds. The second-order valence-corrected chi connectivity index (χ2v) is 6.70. The van der Waals surface area contributed by atoms with E-state index >= 15 is 0 Å². The predicted octanol–water partition coefficient (Wildman–Crippen LogP) is 4.39. The van der Waals surface area contributed by atoms with Crippen LogP contribution in [0.2, 0.25) is 0 Å². The molecular weight excluding hydrogens is 336 g/mol. The van der Waals surface area contributed by atoms with Gasteiger partial charge in [0.05, 0.1) is 7.11 Å². The number of thiophene rings is 1. The Kier molecular flexibility index (Phi) is 4.90. The molecule has 130 valence electrons. The van der Waals surface area contributed by atoms with Crippen molar-refractivity contribution in [1.29, 1.82) is 0 Å². The van der Waals surface area contributed by atoms with Gasteiger partial charge < -0.3 is 14.6 Å². The first-order chi connectivity index (χ1) is 12.1. The average molecular weight is 356 g/mol. The maximum Gasteiger partial charge on any atom is 0.354 e. The predicted molar refractivity (Wildman–Crippen MR) is 100 cm³/mol. The third-order valence-electron chi connectivity index (χ3n) is 4.24. The molecule has 0 aliphatic rings. The van der Waals surface area contributed by atoms with Crippen LogP contribution in [0, 0.1) is 6.92 Å². The van der Waals surface area contributed by atoms with Gasteiger partial charge in [-0.2, -0.15) is 0 Å². The van der Waals surface area contributed by atoms with Crippen molar-refractivity contribution in [2.75, 3.05) is 12.4 Å². The summed E-state index contributed by atoms with van der Waals surface area (Å²) in [6.07, 6.45) is 0.559. The fourth-order valence-corrected chi connectivity index (χ4v) is 3.87. The Morgan fingerprint density at radius 1 is 1.28 bits per heavy atom. The molecule has 2 heterocycles. The molecule has 0 spiro atoms. The van der Waals surface area contributed by atoms with Crippen LogP contribution >= 0.6 is 11.3 Å². The topological polar surface area (TPSA) is 60.3 Å². The smallest absolute Gasteiger partial charge is 0.354 e. The lowest BCUT2D eigenvalue weighted by atomic mass is 10.1. The van der Waals surface area contributed by atoms with E-state index in [1.165, 1.54) is 18.4 Å². The zero-order valence-corrected chi connectivity index (χ0v) is 15.2. The van der Waals surface area contributed by atoms with E-state index in [1.807, 2.05) is 49.6 Å². The van der Waals surface area contributed by atoms with Crippen molar-refractivity contribution in [3.8, 4) is 0 Å². The van der Waals surface area contributed by atoms with Crippen LogP contribution in [0.5, 0.6) is 0 Å². The van der Waals surface area contributed by atoms with Crippen LogP contribution < -0.4 is 5.32 Å². The van der Waals surface area contributed by atoms with Gasteiger partial charge in [0.15, 0.2) is 0 Å². The highest BCUT2D eigenvalue weighted by molar-refractivity contribution is 7.16. The molecule has 1 atom stereocenters. The fraction of sp³-hybridized carbons (Fsp3) is 0.263. The van der Waals surface area contributed by atoms with Gasteiger partial charge >= 0.3 is 5.97 Å². The number of fused-ring (bicyclic) bond motifs is 1. The first kappa shape index (κ1) is 17.2. The van der Waals surface area contributed by atoms with Gasteiger partial charge in [-0.1, -0.05) is 25.1 Å². The van der Waals surface area contributed by atoms with E-state index in [9.17, 15) is 9.59 Å². The van der Waals surface area contributed by atoms with Crippen molar-refractivity contribution in [3.63, 3.8) is 0 Å². The van der Waals surface area contributed by atoms with Gasteiger partial charge in [0.1, 0.15) is 16.6 Å². The van der Waals surface area contributed by atoms with Crippen molar-refractivity contribution < 1.29 is 14.3 Å². The fourth-order valence-electron chi connectivity index (χ4n) is 2.93. The molecule has 0 fully saturated rings. The number of nitrogens with zero attached hydrogens (tertiary/aromatic N) is 1. The zero-order valence-electron chi connectivity index (χ0n) is 14.4. The van der Waals surface area contributed by atoms with Gasteiger partial charge in [-0.15, -0.1) is 11.3 Å². The van der Waals surface area contributed by atoms with E-state index in [2.05, 4.69) is 5.32 Å². The van der Waals surface area contributed by atoms with Crippen LogP contribution in [0.1, 0.15) is 35.4 Å². The summed E-state index contributed by atoms with van der Waals surface area (Å²) in [6.45, 7) is 3.88. The Hall–Kier alpha value is -2.60. The first-order valence-corrected chi connectivity index (χ1v) is 8.98. The number of anilines is 1. The minimum absolute atomic E-state index is 0.146. The van der Waals surface area contributed by atoms with Gasteiger partial charge in [0, 0.05) is 11.1 Å². The Morgan fingerprint density at radius 2 is 2.04 bits per heavy atom. The van der Waals surface area contributed by atoms with Gasteiger partial charge in [0.25, 0.3) is 0 Å². The maximum absolute atomic E-state index is 12.9.